The van der Waals surface area contributed by atoms with Gasteiger partial charge in [0.05, 0.1) is 26.3 Å². The Hall–Kier alpha value is -1.93. The number of amides is 2. The fraction of sp³-hybridized carbons (Fsp3) is 0.688. The molecule has 0 saturated carbocycles. The highest BCUT2D eigenvalue weighted by Crippen LogP contribution is 2.25. The molecule has 0 bridgehead atoms. The van der Waals surface area contributed by atoms with Gasteiger partial charge in [0.2, 0.25) is 5.91 Å². The van der Waals surface area contributed by atoms with Crippen LogP contribution >= 0.6 is 0 Å². The normalized spacial score (nSPS) is 25.4. The molecule has 1 aromatic rings. The van der Waals surface area contributed by atoms with Crippen molar-refractivity contribution < 1.29 is 19.1 Å². The monoisotopic (exact) mass is 336 g/mol. The van der Waals surface area contributed by atoms with Crippen molar-refractivity contribution in [3.63, 3.8) is 0 Å². The van der Waals surface area contributed by atoms with Crippen LogP contribution in [0.15, 0.2) is 12.4 Å². The minimum Gasteiger partial charge on any atom is -0.368 e. The van der Waals surface area contributed by atoms with Crippen LogP contribution in [0, 0.1) is 0 Å². The summed E-state index contributed by atoms with van der Waals surface area (Å²) in [4.78, 5) is 32.6. The van der Waals surface area contributed by atoms with Gasteiger partial charge in [-0.05, 0) is 13.8 Å². The van der Waals surface area contributed by atoms with Gasteiger partial charge in [0.15, 0.2) is 5.82 Å². The van der Waals surface area contributed by atoms with Crippen molar-refractivity contribution in [2.24, 2.45) is 7.05 Å². The van der Waals surface area contributed by atoms with E-state index in [0.29, 0.717) is 38.7 Å². The summed E-state index contributed by atoms with van der Waals surface area (Å²) in [5.74, 6) is 0.230. The number of aryl methyl sites for hydroxylation is 1. The van der Waals surface area contributed by atoms with Crippen molar-refractivity contribution >= 4 is 11.8 Å². The molecule has 0 N–H and O–H groups in total. The Bertz CT molecular complexity index is 629. The summed E-state index contributed by atoms with van der Waals surface area (Å²) in [7, 11) is 1.80. The molecule has 1 aromatic heterocycles. The van der Waals surface area contributed by atoms with Crippen molar-refractivity contribution in [2.45, 2.75) is 25.5 Å². The van der Waals surface area contributed by atoms with Crippen molar-refractivity contribution in [3.05, 3.63) is 18.2 Å². The van der Waals surface area contributed by atoms with E-state index in [2.05, 4.69) is 4.98 Å². The molecule has 1 atom stereocenters. The molecule has 3 heterocycles. The summed E-state index contributed by atoms with van der Waals surface area (Å²) in [6.07, 6.45) is 3.36. The molecule has 2 saturated heterocycles. The van der Waals surface area contributed by atoms with Gasteiger partial charge in [0, 0.05) is 32.0 Å². The number of carbonyl (C=O) groups excluding carboxylic acids is 2. The lowest BCUT2D eigenvalue weighted by atomic mass is 10.0. The lowest BCUT2D eigenvalue weighted by Crippen LogP contribution is -2.61. The summed E-state index contributed by atoms with van der Waals surface area (Å²) in [5.41, 5.74) is -0.685. The average Bonchev–Trinajstić information content (AvgIpc) is 2.91. The Morgan fingerprint density at radius 2 is 2.17 bits per heavy atom. The fourth-order valence-electron chi connectivity index (χ4n) is 3.24. The van der Waals surface area contributed by atoms with Crippen molar-refractivity contribution in [2.75, 3.05) is 39.5 Å². The van der Waals surface area contributed by atoms with E-state index in [4.69, 9.17) is 9.47 Å². The van der Waals surface area contributed by atoms with E-state index in [1.807, 2.05) is 13.8 Å². The molecule has 2 aliphatic rings. The predicted octanol–water partition coefficient (Wildman–Crippen LogP) is -0.101. The Labute approximate surface area is 141 Å². The van der Waals surface area contributed by atoms with E-state index in [-0.39, 0.29) is 24.5 Å². The molecule has 1 unspecified atom stereocenters. The minimum atomic E-state index is -0.685. The second kappa shape index (κ2) is 6.52. The highest BCUT2D eigenvalue weighted by atomic mass is 16.5. The molecular weight excluding hydrogens is 312 g/mol. The largest absolute Gasteiger partial charge is 0.368 e. The zero-order valence-electron chi connectivity index (χ0n) is 14.4. The molecule has 132 valence electrons. The van der Waals surface area contributed by atoms with E-state index in [9.17, 15) is 9.59 Å². The predicted molar refractivity (Wildman–Crippen MR) is 85.5 cm³/mol. The number of imidazole rings is 1. The Balaban J connectivity index is 1.80. The number of hydrogen-bond acceptors (Lipinski definition) is 5. The van der Waals surface area contributed by atoms with Gasteiger partial charge in [-0.15, -0.1) is 0 Å². The number of nitrogens with zero attached hydrogens (tertiary/aromatic N) is 4. The van der Waals surface area contributed by atoms with Crippen LogP contribution in [0.25, 0.3) is 0 Å². The molecule has 2 amide bonds. The van der Waals surface area contributed by atoms with E-state index in [1.54, 1.807) is 33.8 Å². The van der Waals surface area contributed by atoms with Gasteiger partial charge < -0.3 is 23.8 Å². The molecule has 1 spiro atoms. The first-order valence-corrected chi connectivity index (χ1v) is 8.20. The van der Waals surface area contributed by atoms with Crippen molar-refractivity contribution in [1.29, 1.82) is 0 Å². The van der Waals surface area contributed by atoms with Gasteiger partial charge in [-0.3, -0.25) is 9.59 Å². The molecule has 3 rings (SSSR count). The van der Waals surface area contributed by atoms with E-state index >= 15 is 0 Å². The zero-order valence-corrected chi connectivity index (χ0v) is 14.4. The third-order valence-corrected chi connectivity index (χ3v) is 4.54. The molecule has 0 aromatic carbocycles. The van der Waals surface area contributed by atoms with Gasteiger partial charge in [0.25, 0.3) is 5.91 Å². The maximum absolute atomic E-state index is 12.7. The summed E-state index contributed by atoms with van der Waals surface area (Å²) < 4.78 is 13.3. The minimum absolute atomic E-state index is 0.0435. The van der Waals surface area contributed by atoms with Gasteiger partial charge in [-0.1, -0.05) is 0 Å². The van der Waals surface area contributed by atoms with E-state index in [0.717, 1.165) is 0 Å². The Morgan fingerprint density at radius 3 is 2.83 bits per heavy atom. The summed E-state index contributed by atoms with van der Waals surface area (Å²) in [5, 5.41) is 0. The van der Waals surface area contributed by atoms with Crippen LogP contribution in [-0.4, -0.2) is 82.3 Å². The number of ether oxygens (including phenoxy) is 2. The second-order valence-corrected chi connectivity index (χ2v) is 6.73. The summed E-state index contributed by atoms with van der Waals surface area (Å²) >= 11 is 0. The smallest absolute Gasteiger partial charge is 0.290 e. The molecule has 2 aliphatic heterocycles. The lowest BCUT2D eigenvalue weighted by molar-refractivity contribution is -0.140. The maximum Gasteiger partial charge on any atom is 0.290 e. The SMILES string of the molecule is CC(C)N1CC2(COCC1=O)CN(C(=O)c1nccn1C)CCO2. The zero-order chi connectivity index (χ0) is 17.3. The first-order valence-electron chi connectivity index (χ1n) is 8.20. The van der Waals surface area contributed by atoms with Crippen LogP contribution in [0.4, 0.5) is 0 Å². The quantitative estimate of drug-likeness (QED) is 0.754. The average molecular weight is 336 g/mol. The van der Waals surface area contributed by atoms with Crippen LogP contribution < -0.4 is 0 Å². The molecule has 0 radical (unpaired) electrons. The highest BCUT2D eigenvalue weighted by Gasteiger charge is 2.44. The van der Waals surface area contributed by atoms with Crippen LogP contribution in [-0.2, 0) is 21.3 Å². The standard InChI is InChI=1S/C16H24N4O4/c1-12(2)20-10-16(11-23-8-13(20)21)9-19(6-7-24-16)15(22)14-17-4-5-18(14)3/h4-5,12H,6-11H2,1-3H3. The Morgan fingerprint density at radius 1 is 1.38 bits per heavy atom. The number of hydrogen-bond donors (Lipinski definition) is 0. The van der Waals surface area contributed by atoms with Gasteiger partial charge >= 0.3 is 0 Å². The third-order valence-electron chi connectivity index (χ3n) is 4.54. The number of rotatable bonds is 2. The van der Waals surface area contributed by atoms with E-state index in [1.165, 1.54) is 0 Å². The maximum atomic E-state index is 12.7. The lowest BCUT2D eigenvalue weighted by Gasteiger charge is -2.43. The third kappa shape index (κ3) is 3.16. The highest BCUT2D eigenvalue weighted by molar-refractivity contribution is 5.91. The molecular formula is C16H24N4O4. The van der Waals surface area contributed by atoms with Crippen molar-refractivity contribution in [1.82, 2.24) is 19.4 Å². The first-order chi connectivity index (χ1) is 11.4. The summed E-state index contributed by atoms with van der Waals surface area (Å²) in [6.45, 7) is 6.02. The van der Waals surface area contributed by atoms with Crippen LogP contribution in [0.1, 0.15) is 24.5 Å². The molecule has 0 aliphatic carbocycles. The van der Waals surface area contributed by atoms with Gasteiger partial charge in [-0.25, -0.2) is 4.98 Å². The molecule has 2 fully saturated rings. The number of morpholine rings is 1. The second-order valence-electron chi connectivity index (χ2n) is 6.73. The molecule has 24 heavy (non-hydrogen) atoms. The first kappa shape index (κ1) is 16.9. The number of carbonyl (C=O) groups is 2. The van der Waals surface area contributed by atoms with Crippen LogP contribution in [0.2, 0.25) is 0 Å². The van der Waals surface area contributed by atoms with Crippen LogP contribution in [0.3, 0.4) is 0 Å². The summed E-state index contributed by atoms with van der Waals surface area (Å²) in [6, 6.07) is 0.0558. The topological polar surface area (TPSA) is 76.9 Å². The van der Waals surface area contributed by atoms with Gasteiger partial charge in [-0.2, -0.15) is 0 Å². The molecule has 8 heteroatoms. The van der Waals surface area contributed by atoms with Gasteiger partial charge in [0.1, 0.15) is 12.2 Å². The fourth-order valence-corrected chi connectivity index (χ4v) is 3.24. The molecule has 8 nitrogen and oxygen atoms in total. The van der Waals surface area contributed by atoms with Crippen molar-refractivity contribution in [3.8, 4) is 0 Å². The Kier molecular flexibility index (Phi) is 4.60. The number of aromatic nitrogens is 2. The van der Waals surface area contributed by atoms with Crippen LogP contribution in [0.5, 0.6) is 0 Å². The van der Waals surface area contributed by atoms with E-state index < -0.39 is 5.60 Å².